The Kier molecular flexibility index (Phi) is 5.56. The van der Waals surface area contributed by atoms with Gasteiger partial charge in [-0.1, -0.05) is 25.2 Å². The molecule has 1 fully saturated rings. The molecule has 1 saturated heterocycles. The highest BCUT2D eigenvalue weighted by Gasteiger charge is 2.25. The molecule has 0 aliphatic carbocycles. The predicted molar refractivity (Wildman–Crippen MR) is 88.8 cm³/mol. The Bertz CT molecular complexity index is 507. The summed E-state index contributed by atoms with van der Waals surface area (Å²) in [6, 6.07) is 6.52. The molecule has 0 spiro atoms. The van der Waals surface area contributed by atoms with E-state index >= 15 is 0 Å². The summed E-state index contributed by atoms with van der Waals surface area (Å²) in [5.74, 6) is 0.730. The number of methoxy groups -OCH3 is 1. The quantitative estimate of drug-likeness (QED) is 0.846. The summed E-state index contributed by atoms with van der Waals surface area (Å²) in [6.07, 6.45) is 1.37. The maximum absolute atomic E-state index is 5.79. The van der Waals surface area contributed by atoms with Crippen LogP contribution in [0.5, 0.6) is 5.75 Å². The smallest absolute Gasteiger partial charge is 0.129 e. The van der Waals surface area contributed by atoms with Gasteiger partial charge in [-0.2, -0.15) is 0 Å². The Morgan fingerprint density at radius 1 is 1.52 bits per heavy atom. The zero-order valence-electron chi connectivity index (χ0n) is 13.0. The Balaban J connectivity index is 2.18. The van der Waals surface area contributed by atoms with E-state index in [4.69, 9.17) is 27.4 Å². The van der Waals surface area contributed by atoms with Gasteiger partial charge in [-0.3, -0.25) is 4.90 Å². The molecule has 1 heterocycles. The van der Waals surface area contributed by atoms with E-state index in [0.717, 1.165) is 37.4 Å². The van der Waals surface area contributed by atoms with Crippen molar-refractivity contribution < 1.29 is 9.47 Å². The molecule has 2 N–H and O–H groups in total. The molecule has 1 aromatic rings. The zero-order chi connectivity index (χ0) is 15.4. The molecule has 2 unspecified atom stereocenters. The SMILES string of the molecule is CCC1COC(C)CN1Cc1ccc(OC)c(C(N)=S)c1. The van der Waals surface area contributed by atoms with Crippen LogP contribution in [0.3, 0.4) is 0 Å². The fourth-order valence-corrected chi connectivity index (χ4v) is 2.92. The first-order valence-electron chi connectivity index (χ1n) is 7.37. The number of benzene rings is 1. The summed E-state index contributed by atoms with van der Waals surface area (Å²) < 4.78 is 11.1. The molecule has 2 atom stereocenters. The average Bonchev–Trinajstić information content (AvgIpc) is 2.47. The second kappa shape index (κ2) is 7.20. The molecular weight excluding hydrogens is 284 g/mol. The topological polar surface area (TPSA) is 47.7 Å². The van der Waals surface area contributed by atoms with Gasteiger partial charge < -0.3 is 15.2 Å². The largest absolute Gasteiger partial charge is 0.496 e. The number of hydrogen-bond acceptors (Lipinski definition) is 4. The summed E-state index contributed by atoms with van der Waals surface area (Å²) >= 11 is 5.11. The predicted octanol–water partition coefficient (Wildman–Crippen LogP) is 2.33. The third kappa shape index (κ3) is 3.93. The van der Waals surface area contributed by atoms with Crippen LogP contribution in [-0.4, -0.2) is 42.3 Å². The van der Waals surface area contributed by atoms with Crippen LogP contribution in [0.2, 0.25) is 0 Å². The highest BCUT2D eigenvalue weighted by molar-refractivity contribution is 7.80. The molecule has 0 saturated carbocycles. The van der Waals surface area contributed by atoms with E-state index < -0.39 is 0 Å². The highest BCUT2D eigenvalue weighted by Crippen LogP contribution is 2.23. The van der Waals surface area contributed by atoms with Crippen LogP contribution in [0, 0.1) is 0 Å². The molecule has 2 rings (SSSR count). The van der Waals surface area contributed by atoms with Gasteiger partial charge in [0.1, 0.15) is 10.7 Å². The van der Waals surface area contributed by atoms with Gasteiger partial charge in [0, 0.05) is 19.1 Å². The van der Waals surface area contributed by atoms with Crippen molar-refractivity contribution in [3.8, 4) is 5.75 Å². The standard InChI is InChI=1S/C16H24N2O2S/c1-4-13-10-20-11(2)8-18(13)9-12-5-6-15(19-3)14(7-12)16(17)21/h5-7,11,13H,4,8-10H2,1-3H3,(H2,17,21). The summed E-state index contributed by atoms with van der Waals surface area (Å²) in [4.78, 5) is 2.84. The highest BCUT2D eigenvalue weighted by atomic mass is 32.1. The van der Waals surface area contributed by atoms with Crippen molar-refractivity contribution in [2.45, 2.75) is 39.0 Å². The Morgan fingerprint density at radius 2 is 2.29 bits per heavy atom. The van der Waals surface area contributed by atoms with Crippen molar-refractivity contribution in [3.63, 3.8) is 0 Å². The molecule has 1 aliphatic heterocycles. The lowest BCUT2D eigenvalue weighted by molar-refractivity contribution is -0.0592. The first-order valence-corrected chi connectivity index (χ1v) is 7.78. The van der Waals surface area contributed by atoms with E-state index in [9.17, 15) is 0 Å². The Morgan fingerprint density at radius 3 is 2.90 bits per heavy atom. The van der Waals surface area contributed by atoms with Gasteiger partial charge in [-0.25, -0.2) is 0 Å². The maximum atomic E-state index is 5.79. The van der Waals surface area contributed by atoms with Gasteiger partial charge >= 0.3 is 0 Å². The molecule has 0 bridgehead atoms. The van der Waals surface area contributed by atoms with Crippen LogP contribution in [0.1, 0.15) is 31.4 Å². The first kappa shape index (κ1) is 16.2. The van der Waals surface area contributed by atoms with Crippen LogP contribution in [0.4, 0.5) is 0 Å². The number of hydrogen-bond donors (Lipinski definition) is 1. The molecular formula is C16H24N2O2S. The Hall–Kier alpha value is -1.17. The monoisotopic (exact) mass is 308 g/mol. The van der Waals surface area contributed by atoms with Gasteiger partial charge in [-0.15, -0.1) is 0 Å². The van der Waals surface area contributed by atoms with Crippen LogP contribution < -0.4 is 10.5 Å². The number of morpholine rings is 1. The van der Waals surface area contributed by atoms with Gasteiger partial charge in [-0.05, 0) is 31.0 Å². The fourth-order valence-electron chi connectivity index (χ4n) is 2.76. The normalized spacial score (nSPS) is 23.0. The van der Waals surface area contributed by atoms with Gasteiger partial charge in [0.25, 0.3) is 0 Å². The van der Waals surface area contributed by atoms with Crippen LogP contribution in [0.15, 0.2) is 18.2 Å². The molecule has 1 aromatic carbocycles. The summed E-state index contributed by atoms with van der Waals surface area (Å²) in [7, 11) is 1.63. The lowest BCUT2D eigenvalue weighted by Crippen LogP contribution is -2.47. The van der Waals surface area contributed by atoms with Crippen molar-refractivity contribution in [2.24, 2.45) is 5.73 Å². The first-order chi connectivity index (χ1) is 10.0. The Labute approximate surface area is 132 Å². The van der Waals surface area contributed by atoms with Crippen molar-refractivity contribution in [1.82, 2.24) is 4.90 Å². The molecule has 116 valence electrons. The minimum Gasteiger partial charge on any atom is -0.496 e. The van der Waals surface area contributed by atoms with Crippen molar-refractivity contribution in [1.29, 1.82) is 0 Å². The van der Waals surface area contributed by atoms with Crippen molar-refractivity contribution in [3.05, 3.63) is 29.3 Å². The van der Waals surface area contributed by atoms with Crippen LogP contribution in [0.25, 0.3) is 0 Å². The molecule has 21 heavy (non-hydrogen) atoms. The lowest BCUT2D eigenvalue weighted by atomic mass is 10.1. The summed E-state index contributed by atoms with van der Waals surface area (Å²) in [5.41, 5.74) is 7.79. The molecule has 4 nitrogen and oxygen atoms in total. The molecule has 5 heteroatoms. The number of thiocarbonyl (C=S) groups is 1. The number of nitrogens with two attached hydrogens (primary N) is 1. The minimum atomic E-state index is 0.279. The number of ether oxygens (including phenoxy) is 2. The van der Waals surface area contributed by atoms with Gasteiger partial charge in [0.2, 0.25) is 0 Å². The van der Waals surface area contributed by atoms with Gasteiger partial charge in [0.15, 0.2) is 0 Å². The van der Waals surface area contributed by atoms with E-state index in [0.29, 0.717) is 11.0 Å². The summed E-state index contributed by atoms with van der Waals surface area (Å²) in [6.45, 7) is 6.95. The van der Waals surface area contributed by atoms with Crippen LogP contribution in [-0.2, 0) is 11.3 Å². The van der Waals surface area contributed by atoms with E-state index in [1.54, 1.807) is 7.11 Å². The number of rotatable bonds is 5. The zero-order valence-corrected chi connectivity index (χ0v) is 13.8. The molecule has 1 aliphatic rings. The summed E-state index contributed by atoms with van der Waals surface area (Å²) in [5, 5.41) is 0. The van der Waals surface area contributed by atoms with Crippen molar-refractivity contribution in [2.75, 3.05) is 20.3 Å². The third-order valence-corrected chi connectivity index (χ3v) is 4.19. The number of nitrogens with zero attached hydrogens (tertiary/aromatic N) is 1. The van der Waals surface area contributed by atoms with E-state index in [2.05, 4.69) is 24.8 Å². The second-order valence-corrected chi connectivity index (χ2v) is 5.97. The minimum absolute atomic E-state index is 0.279. The molecule has 0 aromatic heterocycles. The maximum Gasteiger partial charge on any atom is 0.129 e. The lowest BCUT2D eigenvalue weighted by Gasteiger charge is -2.38. The van der Waals surface area contributed by atoms with E-state index in [-0.39, 0.29) is 6.10 Å². The van der Waals surface area contributed by atoms with Crippen LogP contribution >= 0.6 is 12.2 Å². The second-order valence-electron chi connectivity index (χ2n) is 5.53. The fraction of sp³-hybridized carbons (Fsp3) is 0.562. The molecule has 0 amide bonds. The van der Waals surface area contributed by atoms with Gasteiger partial charge in [0.05, 0.1) is 25.4 Å². The average molecular weight is 308 g/mol. The van der Waals surface area contributed by atoms with E-state index in [1.807, 2.05) is 12.1 Å². The molecule has 0 radical (unpaired) electrons. The third-order valence-electron chi connectivity index (χ3n) is 3.97. The van der Waals surface area contributed by atoms with Crippen molar-refractivity contribution >= 4 is 17.2 Å². The van der Waals surface area contributed by atoms with E-state index in [1.165, 1.54) is 5.56 Å².